The Hall–Kier alpha value is -4.13. The first-order valence-electron chi connectivity index (χ1n) is 9.41. The van der Waals surface area contributed by atoms with Gasteiger partial charge in [0.25, 0.3) is 5.91 Å². The van der Waals surface area contributed by atoms with Crippen LogP contribution < -0.4 is 5.32 Å². The summed E-state index contributed by atoms with van der Waals surface area (Å²) < 4.78 is 15.1. The highest BCUT2D eigenvalue weighted by Gasteiger charge is 2.15. The standard InChI is InChI=1S/C23H16FN5O/c24-16-10-8-15(9-11-16)20-13-18(17-5-1-2-6-19(17)26-20)23(30)25-14-22-28-27-21-7-3-4-12-29(21)22/h1-13H,14H2,(H,25,30). The van der Waals surface area contributed by atoms with Crippen molar-refractivity contribution in [3.05, 3.63) is 96.2 Å². The molecule has 0 saturated heterocycles. The Morgan fingerprint density at radius 2 is 1.77 bits per heavy atom. The van der Waals surface area contributed by atoms with Gasteiger partial charge in [0.2, 0.25) is 0 Å². The van der Waals surface area contributed by atoms with Crippen molar-refractivity contribution in [3.8, 4) is 11.3 Å². The van der Waals surface area contributed by atoms with Gasteiger partial charge in [0.1, 0.15) is 5.82 Å². The van der Waals surface area contributed by atoms with E-state index in [1.807, 2.05) is 53.1 Å². The number of carbonyl (C=O) groups excluding carboxylic acids is 1. The third-order valence-corrected chi connectivity index (χ3v) is 4.89. The van der Waals surface area contributed by atoms with Gasteiger partial charge in [-0.3, -0.25) is 9.20 Å². The zero-order valence-electron chi connectivity index (χ0n) is 15.8. The van der Waals surface area contributed by atoms with Crippen LogP contribution in [0, 0.1) is 5.82 Å². The number of hydrogen-bond acceptors (Lipinski definition) is 4. The van der Waals surface area contributed by atoms with Gasteiger partial charge in [-0.1, -0.05) is 24.3 Å². The molecule has 0 saturated carbocycles. The SMILES string of the molecule is O=C(NCc1nnc2ccccn12)c1cc(-c2ccc(F)cc2)nc2ccccc12. The minimum absolute atomic E-state index is 0.229. The molecule has 1 amide bonds. The fraction of sp³-hybridized carbons (Fsp3) is 0.0435. The molecular weight excluding hydrogens is 381 g/mol. The van der Waals surface area contributed by atoms with E-state index >= 15 is 0 Å². The Kier molecular flexibility index (Phi) is 4.40. The molecule has 0 spiro atoms. The monoisotopic (exact) mass is 397 g/mol. The van der Waals surface area contributed by atoms with E-state index in [1.165, 1.54) is 12.1 Å². The molecule has 0 atom stereocenters. The molecule has 7 heteroatoms. The van der Waals surface area contributed by atoms with Crippen LogP contribution in [-0.2, 0) is 6.54 Å². The summed E-state index contributed by atoms with van der Waals surface area (Å²) in [6.45, 7) is 0.229. The lowest BCUT2D eigenvalue weighted by molar-refractivity contribution is 0.0951. The van der Waals surface area contributed by atoms with E-state index in [0.29, 0.717) is 22.6 Å². The van der Waals surface area contributed by atoms with E-state index in [9.17, 15) is 9.18 Å². The number of hydrogen-bond donors (Lipinski definition) is 1. The van der Waals surface area contributed by atoms with E-state index in [0.717, 1.165) is 16.6 Å². The smallest absolute Gasteiger partial charge is 0.252 e. The lowest BCUT2D eigenvalue weighted by Gasteiger charge is -2.10. The number of fused-ring (bicyclic) bond motifs is 2. The van der Waals surface area contributed by atoms with E-state index in [4.69, 9.17) is 0 Å². The van der Waals surface area contributed by atoms with Crippen LogP contribution in [0.3, 0.4) is 0 Å². The third-order valence-electron chi connectivity index (χ3n) is 4.89. The number of benzene rings is 2. The van der Waals surface area contributed by atoms with Crippen LogP contribution in [0.2, 0.25) is 0 Å². The van der Waals surface area contributed by atoms with Gasteiger partial charge in [0, 0.05) is 17.1 Å². The Morgan fingerprint density at radius 3 is 2.63 bits per heavy atom. The quantitative estimate of drug-likeness (QED) is 0.497. The van der Waals surface area contributed by atoms with Crippen LogP contribution in [0.15, 0.2) is 79.0 Å². The maximum absolute atomic E-state index is 13.3. The van der Waals surface area contributed by atoms with E-state index < -0.39 is 0 Å². The van der Waals surface area contributed by atoms with Gasteiger partial charge in [-0.25, -0.2) is 9.37 Å². The molecule has 1 N–H and O–H groups in total. The van der Waals surface area contributed by atoms with Gasteiger partial charge < -0.3 is 5.32 Å². The summed E-state index contributed by atoms with van der Waals surface area (Å²) in [6.07, 6.45) is 1.85. The summed E-state index contributed by atoms with van der Waals surface area (Å²) in [4.78, 5) is 17.7. The summed E-state index contributed by atoms with van der Waals surface area (Å²) in [5, 5.41) is 11.9. The van der Waals surface area contributed by atoms with Gasteiger partial charge in [0.05, 0.1) is 23.3 Å². The van der Waals surface area contributed by atoms with Crippen LogP contribution in [0.5, 0.6) is 0 Å². The van der Waals surface area contributed by atoms with Crippen molar-refractivity contribution in [1.29, 1.82) is 0 Å². The number of pyridine rings is 2. The lowest BCUT2D eigenvalue weighted by atomic mass is 10.0. The largest absolute Gasteiger partial charge is 0.345 e. The summed E-state index contributed by atoms with van der Waals surface area (Å²) in [6, 6.07) is 20.8. The van der Waals surface area contributed by atoms with Crippen LogP contribution >= 0.6 is 0 Å². The zero-order valence-corrected chi connectivity index (χ0v) is 15.8. The number of amides is 1. The maximum Gasteiger partial charge on any atom is 0.252 e. The molecule has 2 aromatic carbocycles. The highest BCUT2D eigenvalue weighted by atomic mass is 19.1. The van der Waals surface area contributed by atoms with Crippen molar-refractivity contribution in [2.24, 2.45) is 0 Å². The van der Waals surface area contributed by atoms with Crippen molar-refractivity contribution in [1.82, 2.24) is 24.9 Å². The Balaban J connectivity index is 1.50. The second kappa shape index (κ2) is 7.36. The minimum atomic E-state index is -0.321. The first-order chi connectivity index (χ1) is 14.7. The number of halogens is 1. The Bertz CT molecular complexity index is 1380. The highest BCUT2D eigenvalue weighted by Crippen LogP contribution is 2.25. The molecule has 0 unspecified atom stereocenters. The molecule has 0 aliphatic heterocycles. The number of para-hydroxylation sites is 1. The minimum Gasteiger partial charge on any atom is -0.345 e. The number of nitrogens with one attached hydrogen (secondary N) is 1. The number of carbonyl (C=O) groups is 1. The zero-order chi connectivity index (χ0) is 20.5. The molecule has 3 heterocycles. The topological polar surface area (TPSA) is 72.2 Å². The van der Waals surface area contributed by atoms with Gasteiger partial charge in [-0.2, -0.15) is 0 Å². The van der Waals surface area contributed by atoms with Crippen LogP contribution in [0.4, 0.5) is 4.39 Å². The normalized spacial score (nSPS) is 11.1. The summed E-state index contributed by atoms with van der Waals surface area (Å²) in [7, 11) is 0. The third kappa shape index (κ3) is 3.26. The fourth-order valence-corrected chi connectivity index (χ4v) is 3.40. The first-order valence-corrected chi connectivity index (χ1v) is 9.41. The molecule has 146 valence electrons. The van der Waals surface area contributed by atoms with Crippen LogP contribution in [0.25, 0.3) is 27.8 Å². The summed E-state index contributed by atoms with van der Waals surface area (Å²) in [5.74, 6) is 0.0683. The maximum atomic E-state index is 13.3. The van der Waals surface area contributed by atoms with Gasteiger partial charge in [0.15, 0.2) is 11.5 Å². The molecule has 5 rings (SSSR count). The molecule has 5 aromatic rings. The first kappa shape index (κ1) is 17.9. The van der Waals surface area contributed by atoms with E-state index in [1.54, 1.807) is 18.2 Å². The van der Waals surface area contributed by atoms with Crippen LogP contribution in [-0.4, -0.2) is 25.5 Å². The van der Waals surface area contributed by atoms with Gasteiger partial charge in [-0.05, 0) is 48.5 Å². The number of nitrogens with zero attached hydrogens (tertiary/aromatic N) is 4. The lowest BCUT2D eigenvalue weighted by Crippen LogP contribution is -2.24. The molecular formula is C23H16FN5O. The Morgan fingerprint density at radius 1 is 0.967 bits per heavy atom. The number of rotatable bonds is 4. The van der Waals surface area contributed by atoms with E-state index in [-0.39, 0.29) is 18.3 Å². The molecule has 30 heavy (non-hydrogen) atoms. The second-order valence-electron chi connectivity index (χ2n) is 6.81. The molecule has 0 bridgehead atoms. The molecule has 6 nitrogen and oxygen atoms in total. The average Bonchev–Trinajstić information content (AvgIpc) is 3.20. The molecule has 3 aromatic heterocycles. The summed E-state index contributed by atoms with van der Waals surface area (Å²) >= 11 is 0. The summed E-state index contributed by atoms with van der Waals surface area (Å²) in [5.41, 5.74) is 3.24. The predicted octanol–water partition coefficient (Wildman–Crippen LogP) is 4.01. The second-order valence-corrected chi connectivity index (χ2v) is 6.81. The molecule has 0 radical (unpaired) electrons. The van der Waals surface area contributed by atoms with Crippen molar-refractivity contribution >= 4 is 22.5 Å². The molecule has 0 fully saturated rings. The van der Waals surface area contributed by atoms with Crippen molar-refractivity contribution in [2.45, 2.75) is 6.54 Å². The number of aromatic nitrogens is 4. The van der Waals surface area contributed by atoms with Crippen molar-refractivity contribution in [3.63, 3.8) is 0 Å². The van der Waals surface area contributed by atoms with Gasteiger partial charge in [-0.15, -0.1) is 10.2 Å². The predicted molar refractivity (Wildman–Crippen MR) is 111 cm³/mol. The van der Waals surface area contributed by atoms with E-state index in [2.05, 4.69) is 20.5 Å². The van der Waals surface area contributed by atoms with Crippen LogP contribution in [0.1, 0.15) is 16.2 Å². The Labute approximate surface area is 171 Å². The van der Waals surface area contributed by atoms with Crippen molar-refractivity contribution < 1.29 is 9.18 Å². The average molecular weight is 397 g/mol. The van der Waals surface area contributed by atoms with Crippen molar-refractivity contribution in [2.75, 3.05) is 0 Å². The molecule has 0 aliphatic carbocycles. The fourth-order valence-electron chi connectivity index (χ4n) is 3.40. The highest BCUT2D eigenvalue weighted by molar-refractivity contribution is 6.07. The van der Waals surface area contributed by atoms with Gasteiger partial charge >= 0.3 is 0 Å². The molecule has 0 aliphatic rings.